The van der Waals surface area contributed by atoms with Crippen LogP contribution in [0.5, 0.6) is 0 Å². The Balaban J connectivity index is 0.976. The summed E-state index contributed by atoms with van der Waals surface area (Å²) in [5.41, 5.74) is 15.2. The van der Waals surface area contributed by atoms with Gasteiger partial charge in [0.15, 0.2) is 0 Å². The van der Waals surface area contributed by atoms with Crippen LogP contribution in [-0.4, -0.2) is 0 Å². The maximum Gasteiger partial charge on any atom is 0.135 e. The van der Waals surface area contributed by atoms with Gasteiger partial charge in [0.2, 0.25) is 0 Å². The van der Waals surface area contributed by atoms with Crippen molar-refractivity contribution < 1.29 is 4.42 Å². The normalized spacial score (nSPS) is 20.3. The molecule has 4 aliphatic rings. The van der Waals surface area contributed by atoms with Crippen LogP contribution < -0.4 is 9.80 Å². The zero-order valence-electron chi connectivity index (χ0n) is 34.3. The number of benzene rings is 8. The van der Waals surface area contributed by atoms with Crippen molar-refractivity contribution in [1.29, 1.82) is 0 Å². The Morgan fingerprint density at radius 3 is 1.33 bits per heavy atom. The quantitative estimate of drug-likeness (QED) is 0.145. The lowest BCUT2D eigenvalue weighted by molar-refractivity contribution is -0.00518. The number of anilines is 6. The summed E-state index contributed by atoms with van der Waals surface area (Å²) in [7, 11) is 0. The molecule has 1 aromatic heterocycles. The molecule has 296 valence electrons. The number of nitrogens with zero attached hydrogens (tertiary/aromatic N) is 2. The summed E-state index contributed by atoms with van der Waals surface area (Å²) in [5.74, 6) is 2.75. The monoisotopic (exact) mass is 788 g/mol. The molecule has 0 saturated heterocycles. The number of furan rings is 1. The minimum atomic E-state index is 0.354. The lowest BCUT2D eigenvalue weighted by Crippen LogP contribution is -2.48. The fraction of sp³-hybridized carbons (Fsp3) is 0.172. The molecule has 61 heavy (non-hydrogen) atoms. The highest BCUT2D eigenvalue weighted by molar-refractivity contribution is 6.06. The molecule has 3 nitrogen and oxygen atoms in total. The second kappa shape index (κ2) is 14.7. The van der Waals surface area contributed by atoms with Crippen LogP contribution in [0, 0.1) is 17.8 Å². The molecule has 1 heterocycles. The predicted molar refractivity (Wildman–Crippen MR) is 254 cm³/mol. The number of para-hydroxylation sites is 1. The first-order valence-electron chi connectivity index (χ1n) is 22.2. The SMILES string of the molecule is c1ccc(-c2ccc(N(c3ccc(C45CC6CC(CC(C6)C4)C5)cc3)c3cccc(N(c4ccc(-c5ccccc5)cc4)c4ccc5oc6ccccc6c5c4)c3)cc2)cc1. The van der Waals surface area contributed by atoms with Crippen LogP contribution in [0.15, 0.2) is 205 Å². The van der Waals surface area contributed by atoms with E-state index in [1.165, 1.54) is 66.5 Å². The number of hydrogen-bond donors (Lipinski definition) is 0. The van der Waals surface area contributed by atoms with Crippen LogP contribution in [0.2, 0.25) is 0 Å². The topological polar surface area (TPSA) is 19.6 Å². The fourth-order valence-electron chi connectivity index (χ4n) is 11.8. The third kappa shape index (κ3) is 6.51. The Bertz CT molecular complexity index is 2950. The van der Waals surface area contributed by atoms with Gasteiger partial charge in [0.1, 0.15) is 11.2 Å². The van der Waals surface area contributed by atoms with Crippen molar-refractivity contribution in [2.24, 2.45) is 17.8 Å². The molecule has 8 aromatic carbocycles. The molecule has 0 aliphatic heterocycles. The predicted octanol–water partition coefficient (Wildman–Crippen LogP) is 16.3. The molecule has 0 N–H and O–H groups in total. The summed E-state index contributed by atoms with van der Waals surface area (Å²) < 4.78 is 6.30. The molecule has 4 aliphatic carbocycles. The van der Waals surface area contributed by atoms with Crippen molar-refractivity contribution in [2.45, 2.75) is 43.9 Å². The van der Waals surface area contributed by atoms with Crippen molar-refractivity contribution in [3.05, 3.63) is 206 Å². The zero-order valence-corrected chi connectivity index (χ0v) is 34.3. The van der Waals surface area contributed by atoms with Gasteiger partial charge in [-0.3, -0.25) is 0 Å². The van der Waals surface area contributed by atoms with Crippen molar-refractivity contribution in [1.82, 2.24) is 0 Å². The van der Waals surface area contributed by atoms with Crippen LogP contribution in [0.3, 0.4) is 0 Å². The lowest BCUT2D eigenvalue weighted by Gasteiger charge is -2.57. The average Bonchev–Trinajstić information content (AvgIpc) is 3.68. The molecule has 0 spiro atoms. The largest absolute Gasteiger partial charge is 0.456 e. The van der Waals surface area contributed by atoms with E-state index in [0.29, 0.717) is 5.41 Å². The number of hydrogen-bond acceptors (Lipinski definition) is 3. The van der Waals surface area contributed by atoms with E-state index < -0.39 is 0 Å². The van der Waals surface area contributed by atoms with E-state index in [9.17, 15) is 0 Å². The van der Waals surface area contributed by atoms with Crippen molar-refractivity contribution >= 4 is 56.1 Å². The molecule has 4 saturated carbocycles. The van der Waals surface area contributed by atoms with Gasteiger partial charge in [-0.15, -0.1) is 0 Å². The van der Waals surface area contributed by atoms with Crippen LogP contribution >= 0.6 is 0 Å². The third-order valence-electron chi connectivity index (χ3n) is 14.2. The number of rotatable bonds is 9. The fourth-order valence-corrected chi connectivity index (χ4v) is 11.8. The van der Waals surface area contributed by atoms with Gasteiger partial charge in [-0.1, -0.05) is 121 Å². The molecule has 0 radical (unpaired) electrons. The summed E-state index contributed by atoms with van der Waals surface area (Å²) in [4.78, 5) is 4.82. The first kappa shape index (κ1) is 36.0. The van der Waals surface area contributed by atoms with E-state index in [1.807, 2.05) is 6.07 Å². The Labute approximate surface area is 358 Å². The lowest BCUT2D eigenvalue weighted by atomic mass is 9.48. The highest BCUT2D eigenvalue weighted by atomic mass is 16.3. The molecule has 4 bridgehead atoms. The van der Waals surface area contributed by atoms with Crippen molar-refractivity contribution in [3.63, 3.8) is 0 Å². The van der Waals surface area contributed by atoms with Gasteiger partial charge < -0.3 is 14.2 Å². The Kier molecular flexibility index (Phi) is 8.69. The summed E-state index contributed by atoms with van der Waals surface area (Å²) >= 11 is 0. The molecule has 0 amide bonds. The van der Waals surface area contributed by atoms with Gasteiger partial charge in [0.25, 0.3) is 0 Å². The zero-order chi connectivity index (χ0) is 40.3. The maximum absolute atomic E-state index is 6.30. The Morgan fingerprint density at radius 1 is 0.344 bits per heavy atom. The van der Waals surface area contributed by atoms with E-state index in [0.717, 1.165) is 68.1 Å². The van der Waals surface area contributed by atoms with Gasteiger partial charge >= 0.3 is 0 Å². The highest BCUT2D eigenvalue weighted by Gasteiger charge is 2.51. The van der Waals surface area contributed by atoms with E-state index in [4.69, 9.17) is 4.42 Å². The molecule has 0 unspecified atom stereocenters. The second-order valence-electron chi connectivity index (χ2n) is 18.0. The van der Waals surface area contributed by atoms with Crippen LogP contribution in [0.1, 0.15) is 44.1 Å². The van der Waals surface area contributed by atoms with E-state index in [1.54, 1.807) is 5.56 Å². The second-order valence-corrected chi connectivity index (χ2v) is 18.0. The molecular formula is C58H48N2O. The van der Waals surface area contributed by atoms with Crippen LogP contribution in [-0.2, 0) is 5.41 Å². The van der Waals surface area contributed by atoms with Gasteiger partial charge in [-0.25, -0.2) is 0 Å². The van der Waals surface area contributed by atoms with Crippen LogP contribution in [0.25, 0.3) is 44.2 Å². The van der Waals surface area contributed by atoms with E-state index >= 15 is 0 Å². The van der Waals surface area contributed by atoms with Crippen LogP contribution in [0.4, 0.5) is 34.1 Å². The number of fused-ring (bicyclic) bond motifs is 3. The summed E-state index contributed by atoms with van der Waals surface area (Å²) in [6, 6.07) is 73.0. The van der Waals surface area contributed by atoms with Crippen molar-refractivity contribution in [2.75, 3.05) is 9.80 Å². The molecular weight excluding hydrogens is 741 g/mol. The van der Waals surface area contributed by atoms with Gasteiger partial charge in [0.05, 0.1) is 0 Å². The molecule has 13 rings (SSSR count). The minimum Gasteiger partial charge on any atom is -0.456 e. The van der Waals surface area contributed by atoms with Gasteiger partial charge in [-0.05, 0) is 168 Å². The molecule has 0 atom stereocenters. The average molecular weight is 789 g/mol. The molecule has 9 aromatic rings. The summed E-state index contributed by atoms with van der Waals surface area (Å²) in [5, 5.41) is 2.23. The van der Waals surface area contributed by atoms with Gasteiger partial charge in [0, 0.05) is 44.9 Å². The maximum atomic E-state index is 6.30. The summed E-state index contributed by atoms with van der Waals surface area (Å²) in [6.45, 7) is 0. The van der Waals surface area contributed by atoms with E-state index in [2.05, 4.69) is 204 Å². The van der Waals surface area contributed by atoms with Crippen molar-refractivity contribution in [3.8, 4) is 22.3 Å². The Morgan fingerprint density at radius 2 is 0.770 bits per heavy atom. The first-order valence-corrected chi connectivity index (χ1v) is 22.2. The minimum absolute atomic E-state index is 0.354. The first-order chi connectivity index (χ1) is 30.1. The van der Waals surface area contributed by atoms with E-state index in [-0.39, 0.29) is 0 Å². The molecule has 3 heteroatoms. The third-order valence-corrected chi connectivity index (χ3v) is 14.2. The standard InChI is InChI=1S/C58H48N2O/c1-3-10-43(11-4-1)45-18-24-48(25-19-45)59(50-28-22-47(23-29-50)58-37-40-32-41(38-58)34-42(33-40)39-58)51-14-9-15-52(35-51)60(49-26-20-46(21-27-49)44-12-5-2-6-13-44)53-30-31-57-55(36-53)54-16-7-8-17-56(54)61-57/h1-31,35-36,40-42H,32-34,37-39H2. The van der Waals surface area contributed by atoms with Gasteiger partial charge in [-0.2, -0.15) is 0 Å². The molecule has 4 fully saturated rings. The Hall–Kier alpha value is -6.84. The summed E-state index contributed by atoms with van der Waals surface area (Å²) in [6.07, 6.45) is 8.48. The highest BCUT2D eigenvalue weighted by Crippen LogP contribution is 2.61. The smallest absolute Gasteiger partial charge is 0.135 e.